The van der Waals surface area contributed by atoms with Crippen LogP contribution >= 0.6 is 0 Å². The molecule has 0 bridgehead atoms. The number of carbonyl (C=O) groups is 2. The Bertz CT molecular complexity index is 731. The van der Waals surface area contributed by atoms with Crippen molar-refractivity contribution in [3.8, 4) is 0 Å². The Kier molecular flexibility index (Phi) is 7.36. The maximum absolute atomic E-state index is 13.4. The first kappa shape index (κ1) is 23.8. The average molecular weight is 443 g/mol. The maximum Gasteiger partial charge on any atom is 0.224 e. The van der Waals surface area contributed by atoms with Crippen LogP contribution in [0.15, 0.2) is 11.8 Å². The van der Waals surface area contributed by atoms with Gasteiger partial charge in [0.15, 0.2) is 5.78 Å². The fourth-order valence-corrected chi connectivity index (χ4v) is 8.00. The van der Waals surface area contributed by atoms with Crippen LogP contribution in [0.3, 0.4) is 0 Å². The minimum absolute atomic E-state index is 0.111. The monoisotopic (exact) mass is 442 g/mol. The highest BCUT2D eigenvalue weighted by atomic mass is 16.2. The molecule has 1 unspecified atom stereocenters. The lowest BCUT2D eigenvalue weighted by molar-refractivity contribution is -0.139. The van der Waals surface area contributed by atoms with E-state index in [-0.39, 0.29) is 23.0 Å². The van der Waals surface area contributed by atoms with E-state index < -0.39 is 0 Å². The fourth-order valence-electron chi connectivity index (χ4n) is 8.00. The Hall–Kier alpha value is -1.32. The van der Waals surface area contributed by atoms with E-state index in [4.69, 9.17) is 0 Å². The summed E-state index contributed by atoms with van der Waals surface area (Å²) >= 11 is 0. The first-order valence-corrected chi connectivity index (χ1v) is 13.7. The number of amides is 1. The Morgan fingerprint density at radius 3 is 2.59 bits per heavy atom. The van der Waals surface area contributed by atoms with Crippen LogP contribution < -0.4 is 10.6 Å². The van der Waals surface area contributed by atoms with Gasteiger partial charge >= 0.3 is 0 Å². The normalized spacial score (nSPS) is 38.2. The van der Waals surface area contributed by atoms with E-state index >= 15 is 0 Å². The summed E-state index contributed by atoms with van der Waals surface area (Å²) in [6.07, 6.45) is 17.5. The summed E-state index contributed by atoms with van der Waals surface area (Å²) in [6, 6.07) is 0. The molecule has 0 radical (unpaired) electrons. The zero-order valence-electron chi connectivity index (χ0n) is 20.8. The van der Waals surface area contributed by atoms with Crippen LogP contribution in [0.1, 0.15) is 104 Å². The van der Waals surface area contributed by atoms with Crippen LogP contribution in [-0.2, 0) is 9.59 Å². The van der Waals surface area contributed by atoms with Gasteiger partial charge in [-0.2, -0.15) is 0 Å². The van der Waals surface area contributed by atoms with Crippen LogP contribution in [0.2, 0.25) is 0 Å². The lowest BCUT2D eigenvalue weighted by Gasteiger charge is -2.59. The molecule has 4 aliphatic rings. The number of piperidine rings is 1. The van der Waals surface area contributed by atoms with Crippen molar-refractivity contribution in [2.75, 3.05) is 13.1 Å². The van der Waals surface area contributed by atoms with Gasteiger partial charge in [-0.1, -0.05) is 65.7 Å². The second-order valence-electron chi connectivity index (χ2n) is 11.8. The van der Waals surface area contributed by atoms with Crippen molar-refractivity contribution in [2.45, 2.75) is 104 Å². The first-order chi connectivity index (χ1) is 15.4. The standard InChI is InChI=1S/C28H46N2O2/c1-4-5-6-7-8-9-10-16-29-26(32)24-17-20(31)18-25-28(24,3)23-13-15-27(2)14-11-12-22(27)21(23)19-30-25/h18,21-24,30H,4-17,19H2,1-3H3,(H,29,32)/t21-,22-,23-,24?,27-,28-/m0/s1. The van der Waals surface area contributed by atoms with E-state index in [1.54, 1.807) is 0 Å². The molecule has 6 atom stereocenters. The van der Waals surface area contributed by atoms with Gasteiger partial charge in [-0.25, -0.2) is 0 Å². The third-order valence-electron chi connectivity index (χ3n) is 9.93. The van der Waals surface area contributed by atoms with Crippen LogP contribution in [0.5, 0.6) is 0 Å². The number of carbonyl (C=O) groups excluding carboxylic acids is 2. The quantitative estimate of drug-likeness (QED) is 0.446. The summed E-state index contributed by atoms with van der Waals surface area (Å²) in [4.78, 5) is 26.0. The van der Waals surface area contributed by atoms with Crippen molar-refractivity contribution < 1.29 is 9.59 Å². The molecule has 4 rings (SSSR count). The van der Waals surface area contributed by atoms with Crippen LogP contribution in [0.25, 0.3) is 0 Å². The molecule has 4 nitrogen and oxygen atoms in total. The van der Waals surface area contributed by atoms with Gasteiger partial charge in [-0.05, 0) is 55.3 Å². The van der Waals surface area contributed by atoms with Crippen molar-refractivity contribution in [3.63, 3.8) is 0 Å². The Labute approximate surface area is 195 Å². The molecule has 0 aromatic heterocycles. The number of fused-ring (bicyclic) bond motifs is 5. The Balaban J connectivity index is 1.41. The molecule has 180 valence electrons. The largest absolute Gasteiger partial charge is 0.387 e. The number of ketones is 1. The van der Waals surface area contributed by atoms with Crippen LogP contribution in [-0.4, -0.2) is 24.8 Å². The molecule has 0 aromatic carbocycles. The highest BCUT2D eigenvalue weighted by Gasteiger charge is 2.60. The highest BCUT2D eigenvalue weighted by molar-refractivity contribution is 5.96. The van der Waals surface area contributed by atoms with E-state index in [2.05, 4.69) is 31.4 Å². The van der Waals surface area contributed by atoms with Gasteiger partial charge < -0.3 is 10.6 Å². The SMILES string of the molecule is CCCCCCCCCNC(=O)C1CC(=O)C=C2NC[C@H]3[C@@H]4CCC[C@@]4(C)CC[C@@H]3[C@]21C. The molecule has 3 fully saturated rings. The molecule has 2 N–H and O–H groups in total. The van der Waals surface area contributed by atoms with Gasteiger partial charge in [0.1, 0.15) is 0 Å². The van der Waals surface area contributed by atoms with Crippen molar-refractivity contribution in [1.29, 1.82) is 0 Å². The summed E-state index contributed by atoms with van der Waals surface area (Å²) in [5, 5.41) is 6.90. The molecular weight excluding hydrogens is 396 g/mol. The van der Waals surface area contributed by atoms with E-state index in [0.717, 1.165) is 31.1 Å². The van der Waals surface area contributed by atoms with Crippen molar-refractivity contribution >= 4 is 11.7 Å². The fraction of sp³-hybridized carbons (Fsp3) is 0.857. The number of rotatable bonds is 9. The van der Waals surface area contributed by atoms with Crippen molar-refractivity contribution in [3.05, 3.63) is 11.8 Å². The lowest BCUT2D eigenvalue weighted by Crippen LogP contribution is -2.60. The van der Waals surface area contributed by atoms with Gasteiger partial charge in [-0.15, -0.1) is 0 Å². The Morgan fingerprint density at radius 2 is 1.81 bits per heavy atom. The highest BCUT2D eigenvalue weighted by Crippen LogP contribution is 2.63. The van der Waals surface area contributed by atoms with Gasteiger partial charge in [0.05, 0.1) is 5.92 Å². The van der Waals surface area contributed by atoms with Crippen molar-refractivity contribution in [1.82, 2.24) is 10.6 Å². The summed E-state index contributed by atoms with van der Waals surface area (Å²) in [7, 11) is 0. The first-order valence-electron chi connectivity index (χ1n) is 13.7. The average Bonchev–Trinajstić information content (AvgIpc) is 3.17. The predicted octanol–water partition coefficient (Wildman–Crippen LogP) is 5.77. The number of nitrogens with one attached hydrogen (secondary N) is 2. The zero-order chi connectivity index (χ0) is 22.8. The number of hydrogen-bond donors (Lipinski definition) is 2. The van der Waals surface area contributed by atoms with Gasteiger partial charge in [0, 0.05) is 36.7 Å². The molecule has 0 aromatic rings. The molecular formula is C28H46N2O2. The number of hydrogen-bond acceptors (Lipinski definition) is 3. The molecule has 4 heteroatoms. The molecule has 1 heterocycles. The second-order valence-corrected chi connectivity index (χ2v) is 11.8. The molecule has 1 aliphatic heterocycles. The van der Waals surface area contributed by atoms with Gasteiger partial charge in [0.2, 0.25) is 5.91 Å². The topological polar surface area (TPSA) is 58.2 Å². The number of unbranched alkanes of at least 4 members (excludes halogenated alkanes) is 6. The molecule has 3 aliphatic carbocycles. The molecule has 2 saturated carbocycles. The molecule has 1 saturated heterocycles. The Morgan fingerprint density at radius 1 is 1.06 bits per heavy atom. The van der Waals surface area contributed by atoms with E-state index in [9.17, 15) is 9.59 Å². The summed E-state index contributed by atoms with van der Waals surface area (Å²) in [6.45, 7) is 8.77. The summed E-state index contributed by atoms with van der Waals surface area (Å²) in [5.41, 5.74) is 1.30. The maximum atomic E-state index is 13.4. The second kappa shape index (κ2) is 9.89. The third-order valence-corrected chi connectivity index (χ3v) is 9.93. The van der Waals surface area contributed by atoms with Crippen molar-refractivity contribution in [2.24, 2.45) is 34.5 Å². The van der Waals surface area contributed by atoms with Crippen LogP contribution in [0.4, 0.5) is 0 Å². The molecule has 1 amide bonds. The van der Waals surface area contributed by atoms with E-state index in [0.29, 0.717) is 23.7 Å². The van der Waals surface area contributed by atoms with Gasteiger partial charge in [-0.3, -0.25) is 9.59 Å². The van der Waals surface area contributed by atoms with E-state index in [1.165, 1.54) is 70.6 Å². The third kappa shape index (κ3) is 4.40. The number of allylic oxidation sites excluding steroid dienone is 2. The van der Waals surface area contributed by atoms with Crippen LogP contribution in [0, 0.1) is 34.5 Å². The molecule has 0 spiro atoms. The predicted molar refractivity (Wildman–Crippen MR) is 130 cm³/mol. The minimum Gasteiger partial charge on any atom is -0.387 e. The lowest BCUT2D eigenvalue weighted by atomic mass is 9.48. The zero-order valence-corrected chi connectivity index (χ0v) is 20.8. The summed E-state index contributed by atoms with van der Waals surface area (Å²) in [5.74, 6) is 1.89. The summed E-state index contributed by atoms with van der Waals surface area (Å²) < 4.78 is 0. The van der Waals surface area contributed by atoms with E-state index in [1.807, 2.05) is 6.08 Å². The molecule has 32 heavy (non-hydrogen) atoms. The smallest absolute Gasteiger partial charge is 0.224 e. The van der Waals surface area contributed by atoms with Gasteiger partial charge in [0.25, 0.3) is 0 Å². The minimum atomic E-state index is -0.231.